The molecule has 6 N–H and O–H groups in total. The molecular formula is C7H19N3O4S2. The first-order valence-electron chi connectivity index (χ1n) is 4.41. The Morgan fingerprint density at radius 3 is 2.19 bits per heavy atom. The number of nitrogens with one attached hydrogen (secondary N) is 1. The van der Waals surface area contributed by atoms with Crippen molar-refractivity contribution < 1.29 is 22.9 Å². The van der Waals surface area contributed by atoms with E-state index in [9.17, 15) is 13.0 Å². The minimum atomic E-state index is -4.53. The Morgan fingerprint density at radius 2 is 1.94 bits per heavy atom. The van der Waals surface area contributed by atoms with Crippen LogP contribution in [0.4, 0.5) is 0 Å². The highest BCUT2D eigenvalue weighted by molar-refractivity contribution is 7.80. The van der Waals surface area contributed by atoms with E-state index in [4.69, 9.17) is 5.73 Å². The summed E-state index contributed by atoms with van der Waals surface area (Å²) in [6, 6.07) is 0. The Hall–Kier alpha value is -0.320. The van der Waals surface area contributed by atoms with Crippen molar-refractivity contribution in [3.63, 3.8) is 0 Å². The summed E-state index contributed by atoms with van der Waals surface area (Å²) in [5.41, 5.74) is 7.78. The van der Waals surface area contributed by atoms with E-state index in [1.165, 1.54) is 0 Å². The van der Waals surface area contributed by atoms with E-state index in [2.05, 4.69) is 27.5 Å². The molecule has 0 aromatic heterocycles. The summed E-state index contributed by atoms with van der Waals surface area (Å²) in [7, 11) is -4.53. The van der Waals surface area contributed by atoms with Gasteiger partial charge in [0.25, 0.3) is 5.11 Å². The van der Waals surface area contributed by atoms with Gasteiger partial charge in [-0.25, -0.2) is 8.42 Å². The first-order valence-corrected chi connectivity index (χ1v) is 6.15. The molecular weight excluding hydrogens is 254 g/mol. The van der Waals surface area contributed by atoms with Crippen LogP contribution in [0, 0.1) is 0 Å². The lowest BCUT2D eigenvalue weighted by molar-refractivity contribution is -0.210. The highest BCUT2D eigenvalue weighted by Gasteiger charge is 2.07. The Labute approximate surface area is 101 Å². The molecule has 0 radical (unpaired) electrons. The standard InChI is InChI=1S/C6H15NO4S.CH4N2S/c1-6(2,3)7-4-5-11-12(8,9)10;2-1(3)4/h7H,4-5H2,1-3H3,(H,8,9,10);(H4,2,3,4). The van der Waals surface area contributed by atoms with Gasteiger partial charge >= 0.3 is 0 Å². The first-order chi connectivity index (χ1) is 6.94. The normalized spacial score (nSPS) is 11.6. The SMILES string of the molecule is CC(C)(C)NCCOS(=O)(=O)[O-].NC([NH3+])=S. The van der Waals surface area contributed by atoms with E-state index in [-0.39, 0.29) is 17.3 Å². The summed E-state index contributed by atoms with van der Waals surface area (Å²) in [4.78, 5) is 0. The van der Waals surface area contributed by atoms with Crippen molar-refractivity contribution >= 4 is 27.7 Å². The topological polar surface area (TPSA) is 132 Å². The molecule has 0 saturated carbocycles. The van der Waals surface area contributed by atoms with Crippen molar-refractivity contribution in [3.05, 3.63) is 0 Å². The number of thiocarbonyl (C=S) groups is 1. The van der Waals surface area contributed by atoms with E-state index >= 15 is 0 Å². The van der Waals surface area contributed by atoms with Crippen LogP contribution in [-0.4, -0.2) is 36.8 Å². The number of nitrogens with two attached hydrogens (primary N) is 1. The average Bonchev–Trinajstić information content (AvgIpc) is 1.93. The molecule has 0 saturated heterocycles. The second-order valence-electron chi connectivity index (χ2n) is 3.87. The molecule has 0 unspecified atom stereocenters. The molecule has 0 aliphatic rings. The summed E-state index contributed by atoms with van der Waals surface area (Å²) < 4.78 is 33.8. The zero-order valence-corrected chi connectivity index (χ0v) is 11.3. The molecule has 9 heteroatoms. The van der Waals surface area contributed by atoms with Gasteiger partial charge in [0, 0.05) is 24.3 Å². The molecule has 0 aromatic carbocycles. The van der Waals surface area contributed by atoms with Gasteiger partial charge in [-0.3, -0.25) is 4.18 Å². The van der Waals surface area contributed by atoms with Crippen molar-refractivity contribution in [3.8, 4) is 0 Å². The monoisotopic (exact) mass is 273 g/mol. The fourth-order valence-electron chi connectivity index (χ4n) is 0.570. The Kier molecular flexibility index (Phi) is 8.88. The average molecular weight is 273 g/mol. The van der Waals surface area contributed by atoms with Crippen LogP contribution in [-0.2, 0) is 14.6 Å². The molecule has 0 heterocycles. The van der Waals surface area contributed by atoms with Crippen molar-refractivity contribution in [2.45, 2.75) is 26.3 Å². The molecule has 0 aliphatic carbocycles. The minimum absolute atomic E-state index is 0.101. The van der Waals surface area contributed by atoms with Gasteiger partial charge in [0.1, 0.15) is 0 Å². The third-order valence-electron chi connectivity index (χ3n) is 0.985. The maximum absolute atomic E-state index is 9.95. The molecule has 0 amide bonds. The Bertz CT molecular complexity index is 293. The molecule has 0 fully saturated rings. The number of hydrogen-bond acceptors (Lipinski definition) is 6. The zero-order valence-electron chi connectivity index (χ0n) is 9.65. The fourth-order valence-corrected chi connectivity index (χ4v) is 0.857. The number of hydrogen-bond donors (Lipinski definition) is 3. The summed E-state index contributed by atoms with van der Waals surface area (Å²) in [6.07, 6.45) is 0. The molecule has 0 aromatic rings. The molecule has 0 spiro atoms. The van der Waals surface area contributed by atoms with Gasteiger partial charge in [-0.1, -0.05) is 0 Å². The van der Waals surface area contributed by atoms with Crippen LogP contribution >= 0.6 is 12.2 Å². The maximum atomic E-state index is 9.95. The lowest BCUT2D eigenvalue weighted by Gasteiger charge is -2.20. The van der Waals surface area contributed by atoms with Crippen LogP contribution in [0.25, 0.3) is 0 Å². The third kappa shape index (κ3) is 29.2. The van der Waals surface area contributed by atoms with Gasteiger partial charge in [0.2, 0.25) is 10.4 Å². The molecule has 0 rings (SSSR count). The van der Waals surface area contributed by atoms with Gasteiger partial charge < -0.3 is 21.3 Å². The van der Waals surface area contributed by atoms with Crippen LogP contribution in [0.15, 0.2) is 0 Å². The van der Waals surface area contributed by atoms with E-state index in [0.29, 0.717) is 6.54 Å². The summed E-state index contributed by atoms with van der Waals surface area (Å²) in [6.45, 7) is 6.00. The molecule has 7 nitrogen and oxygen atoms in total. The van der Waals surface area contributed by atoms with Crippen molar-refractivity contribution in [1.29, 1.82) is 0 Å². The number of quaternary nitrogens is 1. The number of rotatable bonds is 4. The highest BCUT2D eigenvalue weighted by atomic mass is 32.3. The van der Waals surface area contributed by atoms with Gasteiger partial charge in [0.15, 0.2) is 0 Å². The maximum Gasteiger partial charge on any atom is 0.262 e. The second kappa shape index (κ2) is 7.87. The lowest BCUT2D eigenvalue weighted by Crippen LogP contribution is -2.60. The van der Waals surface area contributed by atoms with E-state index in [1.54, 1.807) is 0 Å². The second-order valence-corrected chi connectivity index (χ2v) is 5.45. The van der Waals surface area contributed by atoms with E-state index < -0.39 is 10.4 Å². The predicted molar refractivity (Wildman–Crippen MR) is 63.1 cm³/mol. The summed E-state index contributed by atoms with van der Waals surface area (Å²) in [5.74, 6) is 0. The van der Waals surface area contributed by atoms with Crippen LogP contribution < -0.4 is 16.8 Å². The minimum Gasteiger partial charge on any atom is -0.726 e. The van der Waals surface area contributed by atoms with Crippen LogP contribution in [0.3, 0.4) is 0 Å². The van der Waals surface area contributed by atoms with Gasteiger partial charge in [0.05, 0.1) is 6.61 Å². The van der Waals surface area contributed by atoms with Gasteiger partial charge in [-0.05, 0) is 20.8 Å². The quantitative estimate of drug-likeness (QED) is 0.241. The molecule has 0 bridgehead atoms. The van der Waals surface area contributed by atoms with Gasteiger partial charge in [-0.2, -0.15) is 0 Å². The zero-order chi connectivity index (χ0) is 13.4. The molecule has 0 atom stereocenters. The van der Waals surface area contributed by atoms with Crippen molar-refractivity contribution in [1.82, 2.24) is 5.32 Å². The van der Waals surface area contributed by atoms with E-state index in [1.807, 2.05) is 20.8 Å². The highest BCUT2D eigenvalue weighted by Crippen LogP contribution is 1.97. The lowest BCUT2D eigenvalue weighted by atomic mass is 10.1. The van der Waals surface area contributed by atoms with Gasteiger partial charge in [-0.15, -0.1) is 0 Å². The summed E-state index contributed by atoms with van der Waals surface area (Å²) >= 11 is 4.20. The third-order valence-corrected chi connectivity index (χ3v) is 1.44. The predicted octanol–water partition coefficient (Wildman–Crippen LogP) is -1.68. The Balaban J connectivity index is 0. The van der Waals surface area contributed by atoms with Crippen LogP contribution in [0.2, 0.25) is 0 Å². The smallest absolute Gasteiger partial charge is 0.262 e. The van der Waals surface area contributed by atoms with Crippen LogP contribution in [0.5, 0.6) is 0 Å². The molecule has 0 aliphatic heterocycles. The Morgan fingerprint density at radius 1 is 1.56 bits per heavy atom. The molecule has 98 valence electrons. The molecule has 16 heavy (non-hydrogen) atoms. The largest absolute Gasteiger partial charge is 0.726 e. The van der Waals surface area contributed by atoms with Crippen molar-refractivity contribution in [2.75, 3.05) is 13.2 Å². The van der Waals surface area contributed by atoms with Crippen LogP contribution in [0.1, 0.15) is 20.8 Å². The van der Waals surface area contributed by atoms with Crippen molar-refractivity contribution in [2.24, 2.45) is 5.73 Å². The first kappa shape index (κ1) is 18.1. The van der Waals surface area contributed by atoms with E-state index in [0.717, 1.165) is 0 Å². The fraction of sp³-hybridized carbons (Fsp3) is 0.857. The summed E-state index contributed by atoms with van der Waals surface area (Å²) in [5, 5.41) is 3.22.